The summed E-state index contributed by atoms with van der Waals surface area (Å²) in [5, 5.41) is 1.86. The SMILES string of the molecule is CC(C)Oc1ccc(C(=O)N2CCN(Cc3cc(=O)n4ccsc4n3)CC2)cc1. The van der Waals surface area contributed by atoms with Crippen molar-refractivity contribution in [2.75, 3.05) is 26.2 Å². The van der Waals surface area contributed by atoms with Crippen LogP contribution >= 0.6 is 11.3 Å². The number of hydrogen-bond acceptors (Lipinski definition) is 6. The largest absolute Gasteiger partial charge is 0.491 e. The number of benzene rings is 1. The monoisotopic (exact) mass is 412 g/mol. The molecule has 1 aliphatic heterocycles. The Labute approximate surface area is 173 Å². The van der Waals surface area contributed by atoms with E-state index in [4.69, 9.17) is 4.74 Å². The summed E-state index contributed by atoms with van der Waals surface area (Å²) in [6.07, 6.45) is 1.85. The molecule has 0 saturated carbocycles. The molecule has 0 atom stereocenters. The fraction of sp³-hybridized carbons (Fsp3) is 0.381. The number of nitrogens with zero attached hydrogens (tertiary/aromatic N) is 4. The highest BCUT2D eigenvalue weighted by atomic mass is 32.1. The van der Waals surface area contributed by atoms with Gasteiger partial charge in [0.2, 0.25) is 0 Å². The number of aromatic nitrogens is 2. The summed E-state index contributed by atoms with van der Waals surface area (Å²) in [7, 11) is 0. The van der Waals surface area contributed by atoms with Crippen LogP contribution in [0.4, 0.5) is 0 Å². The number of rotatable bonds is 5. The van der Waals surface area contributed by atoms with E-state index in [0.717, 1.165) is 24.5 Å². The first-order valence-corrected chi connectivity index (χ1v) is 10.6. The first-order chi connectivity index (χ1) is 14.0. The molecule has 8 heteroatoms. The normalized spacial score (nSPS) is 15.2. The molecule has 1 aromatic carbocycles. The molecule has 29 heavy (non-hydrogen) atoms. The highest BCUT2D eigenvalue weighted by molar-refractivity contribution is 7.15. The lowest BCUT2D eigenvalue weighted by Gasteiger charge is -2.34. The van der Waals surface area contributed by atoms with Crippen LogP contribution in [0.3, 0.4) is 0 Å². The average Bonchev–Trinajstić information content (AvgIpc) is 3.17. The molecule has 1 fully saturated rings. The van der Waals surface area contributed by atoms with E-state index in [2.05, 4.69) is 9.88 Å². The molecule has 3 heterocycles. The van der Waals surface area contributed by atoms with E-state index in [1.165, 1.54) is 11.3 Å². The second kappa shape index (κ2) is 8.34. The third kappa shape index (κ3) is 4.49. The van der Waals surface area contributed by atoms with E-state index in [0.29, 0.717) is 30.2 Å². The van der Waals surface area contributed by atoms with E-state index < -0.39 is 0 Å². The molecule has 2 aromatic heterocycles. The standard InChI is InChI=1S/C21H24N4O3S/c1-15(2)28-18-5-3-16(4-6-18)20(27)24-9-7-23(8-10-24)14-17-13-19(26)25-11-12-29-21(25)22-17/h3-6,11-13,15H,7-10,14H2,1-2H3. The summed E-state index contributed by atoms with van der Waals surface area (Å²) in [6.45, 7) is 7.39. The lowest BCUT2D eigenvalue weighted by Crippen LogP contribution is -2.48. The van der Waals surface area contributed by atoms with Gasteiger partial charge in [-0.2, -0.15) is 0 Å². The van der Waals surface area contributed by atoms with Gasteiger partial charge in [-0.3, -0.25) is 18.9 Å². The summed E-state index contributed by atoms with van der Waals surface area (Å²) < 4.78 is 7.19. The highest BCUT2D eigenvalue weighted by Gasteiger charge is 2.22. The molecule has 1 saturated heterocycles. The van der Waals surface area contributed by atoms with Crippen LogP contribution in [0.5, 0.6) is 5.75 Å². The molecule has 0 aliphatic carbocycles. The van der Waals surface area contributed by atoms with Gasteiger partial charge in [0.25, 0.3) is 11.5 Å². The quantitative estimate of drug-likeness (QED) is 0.644. The summed E-state index contributed by atoms with van der Waals surface area (Å²) >= 11 is 1.46. The minimum atomic E-state index is -0.0510. The first kappa shape index (κ1) is 19.6. The van der Waals surface area contributed by atoms with Gasteiger partial charge in [-0.15, -0.1) is 11.3 Å². The van der Waals surface area contributed by atoms with Gasteiger partial charge >= 0.3 is 0 Å². The van der Waals surface area contributed by atoms with Crippen molar-refractivity contribution in [1.82, 2.24) is 19.2 Å². The molecule has 0 unspecified atom stereocenters. The zero-order chi connectivity index (χ0) is 20.4. The van der Waals surface area contributed by atoms with E-state index in [-0.39, 0.29) is 17.6 Å². The predicted octanol–water partition coefficient (Wildman–Crippen LogP) is 2.50. The zero-order valence-electron chi connectivity index (χ0n) is 16.6. The van der Waals surface area contributed by atoms with Crippen LogP contribution in [0.15, 0.2) is 46.7 Å². The number of piperazine rings is 1. The van der Waals surface area contributed by atoms with Crippen molar-refractivity contribution < 1.29 is 9.53 Å². The Kier molecular flexibility index (Phi) is 5.64. The molecule has 1 aliphatic rings. The van der Waals surface area contributed by atoms with Gasteiger partial charge < -0.3 is 9.64 Å². The van der Waals surface area contributed by atoms with Gasteiger partial charge in [0, 0.05) is 55.9 Å². The van der Waals surface area contributed by atoms with Crippen LogP contribution in [0.1, 0.15) is 29.9 Å². The van der Waals surface area contributed by atoms with Crippen LogP contribution in [-0.4, -0.2) is 57.4 Å². The molecule has 0 bridgehead atoms. The van der Waals surface area contributed by atoms with Crippen molar-refractivity contribution in [2.45, 2.75) is 26.5 Å². The maximum atomic E-state index is 12.8. The fourth-order valence-electron chi connectivity index (χ4n) is 3.44. The van der Waals surface area contributed by atoms with Crippen molar-refractivity contribution in [1.29, 1.82) is 0 Å². The average molecular weight is 413 g/mol. The van der Waals surface area contributed by atoms with Crippen LogP contribution in [0.2, 0.25) is 0 Å². The van der Waals surface area contributed by atoms with Crippen molar-refractivity contribution in [3.8, 4) is 5.75 Å². The Bertz CT molecular complexity index is 1050. The van der Waals surface area contributed by atoms with Gasteiger partial charge in [0.05, 0.1) is 11.8 Å². The molecular weight excluding hydrogens is 388 g/mol. The van der Waals surface area contributed by atoms with Crippen LogP contribution in [0, 0.1) is 0 Å². The zero-order valence-corrected chi connectivity index (χ0v) is 17.4. The number of amides is 1. The summed E-state index contributed by atoms with van der Waals surface area (Å²) in [6, 6.07) is 8.92. The Morgan fingerprint density at radius 2 is 1.90 bits per heavy atom. The Morgan fingerprint density at radius 1 is 1.17 bits per heavy atom. The topological polar surface area (TPSA) is 67.2 Å². The van der Waals surface area contributed by atoms with E-state index in [1.54, 1.807) is 16.7 Å². The number of ether oxygens (including phenoxy) is 1. The maximum absolute atomic E-state index is 12.8. The van der Waals surface area contributed by atoms with Crippen LogP contribution in [0.25, 0.3) is 4.96 Å². The van der Waals surface area contributed by atoms with E-state index in [9.17, 15) is 9.59 Å². The molecule has 0 radical (unpaired) electrons. The lowest BCUT2D eigenvalue weighted by molar-refractivity contribution is 0.0627. The molecule has 3 aromatic rings. The van der Waals surface area contributed by atoms with E-state index in [1.807, 2.05) is 48.4 Å². The Balaban J connectivity index is 1.34. The highest BCUT2D eigenvalue weighted by Crippen LogP contribution is 2.16. The molecular formula is C21H24N4O3S. The van der Waals surface area contributed by atoms with Gasteiger partial charge in [0.15, 0.2) is 4.96 Å². The van der Waals surface area contributed by atoms with Crippen molar-refractivity contribution >= 4 is 22.2 Å². The van der Waals surface area contributed by atoms with Gasteiger partial charge in [0.1, 0.15) is 5.75 Å². The molecule has 152 valence electrons. The lowest BCUT2D eigenvalue weighted by atomic mass is 10.1. The van der Waals surface area contributed by atoms with Crippen molar-refractivity contribution in [3.63, 3.8) is 0 Å². The van der Waals surface area contributed by atoms with Crippen LogP contribution in [-0.2, 0) is 6.54 Å². The van der Waals surface area contributed by atoms with Crippen LogP contribution < -0.4 is 10.3 Å². The maximum Gasteiger partial charge on any atom is 0.258 e. The van der Waals surface area contributed by atoms with E-state index >= 15 is 0 Å². The fourth-order valence-corrected chi connectivity index (χ4v) is 4.18. The Morgan fingerprint density at radius 3 is 2.59 bits per heavy atom. The molecule has 1 amide bonds. The molecule has 0 N–H and O–H groups in total. The minimum absolute atomic E-state index is 0.0390. The van der Waals surface area contributed by atoms with Crippen molar-refractivity contribution in [2.24, 2.45) is 0 Å². The molecule has 7 nitrogen and oxygen atoms in total. The summed E-state index contributed by atoms with van der Waals surface area (Å²) in [5.74, 6) is 0.810. The predicted molar refractivity (Wildman–Crippen MR) is 113 cm³/mol. The minimum Gasteiger partial charge on any atom is -0.491 e. The summed E-state index contributed by atoms with van der Waals surface area (Å²) in [4.78, 5) is 34.3. The number of carbonyl (C=O) groups is 1. The second-order valence-electron chi connectivity index (χ2n) is 7.40. The van der Waals surface area contributed by atoms with Gasteiger partial charge in [-0.05, 0) is 38.1 Å². The number of hydrogen-bond donors (Lipinski definition) is 0. The summed E-state index contributed by atoms with van der Waals surface area (Å²) in [5.41, 5.74) is 1.40. The number of carbonyl (C=O) groups excluding carboxylic acids is 1. The number of thiazole rings is 1. The third-order valence-corrected chi connectivity index (χ3v) is 5.63. The second-order valence-corrected chi connectivity index (χ2v) is 8.27. The number of fused-ring (bicyclic) bond motifs is 1. The smallest absolute Gasteiger partial charge is 0.258 e. The molecule has 4 rings (SSSR count). The van der Waals surface area contributed by atoms with Gasteiger partial charge in [-0.25, -0.2) is 4.98 Å². The van der Waals surface area contributed by atoms with Crippen molar-refractivity contribution in [3.05, 3.63) is 63.5 Å². The Hall–Kier alpha value is -2.71. The van der Waals surface area contributed by atoms with Gasteiger partial charge in [-0.1, -0.05) is 0 Å². The third-order valence-electron chi connectivity index (χ3n) is 4.87. The molecule has 0 spiro atoms. The first-order valence-electron chi connectivity index (χ1n) is 9.74.